The molecule has 1 aromatic heterocycles. The van der Waals surface area contributed by atoms with E-state index in [4.69, 9.17) is 4.74 Å². The first-order valence-corrected chi connectivity index (χ1v) is 10.6. The number of hydrogen-bond donors (Lipinski definition) is 1. The van der Waals surface area contributed by atoms with Gasteiger partial charge in [0.2, 0.25) is 5.91 Å². The largest absolute Gasteiger partial charge is 0.378 e. The highest BCUT2D eigenvalue weighted by Crippen LogP contribution is 2.22. The summed E-state index contributed by atoms with van der Waals surface area (Å²) in [5.74, 6) is -0.386. The lowest BCUT2D eigenvalue weighted by atomic mass is 10.2. The van der Waals surface area contributed by atoms with Gasteiger partial charge in [0.15, 0.2) is 11.0 Å². The van der Waals surface area contributed by atoms with Crippen LogP contribution in [0.1, 0.15) is 29.1 Å². The second kappa shape index (κ2) is 10.4. The number of nitrogens with one attached hydrogen (secondary N) is 1. The van der Waals surface area contributed by atoms with Crippen molar-refractivity contribution in [1.82, 2.24) is 25.0 Å². The lowest BCUT2D eigenvalue weighted by Crippen LogP contribution is -2.41. The molecule has 1 aromatic carbocycles. The van der Waals surface area contributed by atoms with Crippen molar-refractivity contribution in [3.05, 3.63) is 54.1 Å². The zero-order chi connectivity index (χ0) is 21.5. The molecule has 0 bridgehead atoms. The van der Waals surface area contributed by atoms with Gasteiger partial charge in [-0.15, -0.1) is 16.8 Å². The van der Waals surface area contributed by atoms with E-state index in [-0.39, 0.29) is 17.2 Å². The Morgan fingerprint density at radius 1 is 1.33 bits per heavy atom. The van der Waals surface area contributed by atoms with E-state index in [0.29, 0.717) is 43.8 Å². The quantitative estimate of drug-likeness (QED) is 0.506. The molecule has 1 N–H and O–H groups in total. The van der Waals surface area contributed by atoms with Gasteiger partial charge in [-0.2, -0.15) is 0 Å². The molecule has 2 aromatic rings. The number of morpholine rings is 1. The standard InChI is InChI=1S/C20H24FN5O3S/c1-3-8-26-18(14(2)22-19(28)15-6-4-5-7-16(15)21)23-24-20(26)30-13-17(27)25-9-11-29-12-10-25/h3-7,14H,1,8-13H2,2H3,(H,22,28). The fourth-order valence-electron chi connectivity index (χ4n) is 3.04. The highest BCUT2D eigenvalue weighted by Gasteiger charge is 2.23. The SMILES string of the molecule is C=CCn1c(SCC(=O)N2CCOCC2)nnc1C(C)NC(=O)c1ccccc1F. The summed E-state index contributed by atoms with van der Waals surface area (Å²) in [6.07, 6.45) is 1.69. The Morgan fingerprint density at radius 3 is 2.77 bits per heavy atom. The van der Waals surface area contributed by atoms with Gasteiger partial charge in [-0.05, 0) is 19.1 Å². The smallest absolute Gasteiger partial charge is 0.254 e. The number of ether oxygens (including phenoxy) is 1. The molecule has 1 aliphatic rings. The molecule has 3 rings (SSSR count). The van der Waals surface area contributed by atoms with Crippen molar-refractivity contribution < 1.29 is 18.7 Å². The third kappa shape index (κ3) is 5.25. The molecule has 1 atom stereocenters. The Kier molecular flexibility index (Phi) is 7.58. The maximum Gasteiger partial charge on any atom is 0.254 e. The first-order valence-electron chi connectivity index (χ1n) is 9.59. The van der Waals surface area contributed by atoms with Crippen LogP contribution in [0.3, 0.4) is 0 Å². The fraction of sp³-hybridized carbons (Fsp3) is 0.400. The fourth-order valence-corrected chi connectivity index (χ4v) is 3.90. The summed E-state index contributed by atoms with van der Waals surface area (Å²) in [5.41, 5.74) is -0.0372. The van der Waals surface area contributed by atoms with Gasteiger partial charge < -0.3 is 19.5 Å². The van der Waals surface area contributed by atoms with Gasteiger partial charge in [0.25, 0.3) is 5.91 Å². The Morgan fingerprint density at radius 2 is 2.07 bits per heavy atom. The van der Waals surface area contributed by atoms with Gasteiger partial charge in [-0.25, -0.2) is 4.39 Å². The summed E-state index contributed by atoms with van der Waals surface area (Å²) in [7, 11) is 0. The highest BCUT2D eigenvalue weighted by atomic mass is 32.2. The number of benzene rings is 1. The molecule has 2 amide bonds. The van der Waals surface area contributed by atoms with E-state index in [0.717, 1.165) is 0 Å². The summed E-state index contributed by atoms with van der Waals surface area (Å²) < 4.78 is 20.9. The van der Waals surface area contributed by atoms with Gasteiger partial charge in [-0.1, -0.05) is 30.0 Å². The van der Waals surface area contributed by atoms with Crippen molar-refractivity contribution in [3.8, 4) is 0 Å². The number of hydrogen-bond acceptors (Lipinski definition) is 6. The van der Waals surface area contributed by atoms with Crippen molar-refractivity contribution >= 4 is 23.6 Å². The molecule has 1 fully saturated rings. The van der Waals surface area contributed by atoms with E-state index in [9.17, 15) is 14.0 Å². The van der Waals surface area contributed by atoms with Crippen LogP contribution in [0.2, 0.25) is 0 Å². The van der Waals surface area contributed by atoms with Crippen LogP contribution in [0.5, 0.6) is 0 Å². The minimum absolute atomic E-state index is 0.0129. The molecule has 0 saturated carbocycles. The lowest BCUT2D eigenvalue weighted by Gasteiger charge is -2.26. The number of rotatable bonds is 8. The monoisotopic (exact) mass is 433 g/mol. The predicted octanol–water partition coefficient (Wildman–Crippen LogP) is 2.05. The number of nitrogens with zero attached hydrogens (tertiary/aromatic N) is 4. The minimum Gasteiger partial charge on any atom is -0.378 e. The van der Waals surface area contributed by atoms with Gasteiger partial charge >= 0.3 is 0 Å². The van der Waals surface area contributed by atoms with E-state index in [1.165, 1.54) is 30.0 Å². The van der Waals surface area contributed by atoms with Gasteiger partial charge in [0.1, 0.15) is 5.82 Å². The topological polar surface area (TPSA) is 89.3 Å². The Bertz CT molecular complexity index is 914. The summed E-state index contributed by atoms with van der Waals surface area (Å²) in [4.78, 5) is 26.6. The van der Waals surface area contributed by atoms with E-state index < -0.39 is 17.8 Å². The molecule has 160 valence electrons. The molecule has 0 spiro atoms. The van der Waals surface area contributed by atoms with Crippen LogP contribution in [0, 0.1) is 5.82 Å². The maximum absolute atomic E-state index is 13.9. The van der Waals surface area contributed by atoms with Crippen molar-refractivity contribution in [2.24, 2.45) is 0 Å². The van der Waals surface area contributed by atoms with Gasteiger partial charge in [0.05, 0.1) is 30.6 Å². The van der Waals surface area contributed by atoms with Crippen LogP contribution in [0.25, 0.3) is 0 Å². The van der Waals surface area contributed by atoms with Crippen molar-refractivity contribution in [2.45, 2.75) is 24.7 Å². The Labute approximate surface area is 178 Å². The average Bonchev–Trinajstić information content (AvgIpc) is 3.16. The summed E-state index contributed by atoms with van der Waals surface area (Å²) in [6.45, 7) is 8.18. The van der Waals surface area contributed by atoms with Crippen LogP contribution in [0.15, 0.2) is 42.1 Å². The van der Waals surface area contributed by atoms with Crippen molar-refractivity contribution in [2.75, 3.05) is 32.1 Å². The van der Waals surface area contributed by atoms with E-state index in [1.54, 1.807) is 28.5 Å². The van der Waals surface area contributed by atoms with Gasteiger partial charge in [0, 0.05) is 19.6 Å². The first-order chi connectivity index (χ1) is 14.5. The number of carbonyl (C=O) groups excluding carboxylic acids is 2. The first kappa shape index (κ1) is 22.0. The average molecular weight is 434 g/mol. The molecular weight excluding hydrogens is 409 g/mol. The number of aromatic nitrogens is 3. The highest BCUT2D eigenvalue weighted by molar-refractivity contribution is 7.99. The van der Waals surface area contributed by atoms with Crippen LogP contribution in [0.4, 0.5) is 4.39 Å². The zero-order valence-electron chi connectivity index (χ0n) is 16.7. The maximum atomic E-state index is 13.9. The number of carbonyl (C=O) groups is 2. The van der Waals surface area contributed by atoms with Crippen molar-refractivity contribution in [3.63, 3.8) is 0 Å². The predicted molar refractivity (Wildman–Crippen MR) is 111 cm³/mol. The van der Waals surface area contributed by atoms with Crippen LogP contribution < -0.4 is 5.32 Å². The number of allylic oxidation sites excluding steroid dienone is 1. The molecule has 10 heteroatoms. The normalized spacial score (nSPS) is 14.9. The second-order valence-electron chi connectivity index (χ2n) is 6.70. The van der Waals surface area contributed by atoms with E-state index in [2.05, 4.69) is 22.1 Å². The molecule has 1 aliphatic heterocycles. The van der Waals surface area contributed by atoms with Gasteiger partial charge in [-0.3, -0.25) is 9.59 Å². The summed E-state index contributed by atoms with van der Waals surface area (Å²) >= 11 is 1.28. The van der Waals surface area contributed by atoms with Crippen LogP contribution >= 0.6 is 11.8 Å². The third-order valence-corrected chi connectivity index (χ3v) is 5.55. The molecule has 1 saturated heterocycles. The van der Waals surface area contributed by atoms with Crippen LogP contribution in [-0.2, 0) is 16.1 Å². The van der Waals surface area contributed by atoms with Crippen molar-refractivity contribution in [1.29, 1.82) is 0 Å². The van der Waals surface area contributed by atoms with Crippen LogP contribution in [-0.4, -0.2) is 63.5 Å². The van der Waals surface area contributed by atoms with E-state index in [1.807, 2.05) is 0 Å². The Balaban J connectivity index is 1.68. The molecule has 0 aliphatic carbocycles. The number of halogens is 1. The number of amides is 2. The summed E-state index contributed by atoms with van der Waals surface area (Å²) in [6, 6.07) is 5.26. The van der Waals surface area contributed by atoms with E-state index >= 15 is 0 Å². The number of thioether (sulfide) groups is 1. The second-order valence-corrected chi connectivity index (χ2v) is 7.64. The Hall–Kier alpha value is -2.72. The molecule has 0 radical (unpaired) electrons. The molecule has 2 heterocycles. The molecular formula is C20H24FN5O3S. The minimum atomic E-state index is -0.590. The third-order valence-electron chi connectivity index (χ3n) is 4.60. The lowest BCUT2D eigenvalue weighted by molar-refractivity contribution is -0.132. The molecule has 30 heavy (non-hydrogen) atoms. The molecule has 8 nitrogen and oxygen atoms in total. The zero-order valence-corrected chi connectivity index (χ0v) is 17.5. The molecule has 1 unspecified atom stereocenters. The summed E-state index contributed by atoms with van der Waals surface area (Å²) in [5, 5.41) is 11.7.